The summed E-state index contributed by atoms with van der Waals surface area (Å²) in [5, 5.41) is 0. The minimum absolute atomic E-state index is 0.262. The van der Waals surface area contributed by atoms with Gasteiger partial charge in [0, 0.05) is 43.2 Å². The molecule has 1 fully saturated rings. The molecule has 0 unspecified atom stereocenters. The first kappa shape index (κ1) is 24.0. The lowest BCUT2D eigenvalue weighted by atomic mass is 10.0. The topological polar surface area (TPSA) is 59.6 Å². The van der Waals surface area contributed by atoms with E-state index in [0.717, 1.165) is 78.1 Å². The normalized spacial score (nSPS) is 14.1. The Kier molecular flexibility index (Phi) is 7.59. The third-order valence-corrected chi connectivity index (χ3v) is 6.35. The van der Waals surface area contributed by atoms with Crippen LogP contribution < -0.4 is 9.47 Å². The van der Waals surface area contributed by atoms with E-state index in [1.807, 2.05) is 24.3 Å². The third kappa shape index (κ3) is 5.93. The van der Waals surface area contributed by atoms with Crippen LogP contribution in [-0.4, -0.2) is 61.4 Å². The molecule has 3 aromatic carbocycles. The highest BCUT2D eigenvalue weighted by Crippen LogP contribution is 2.33. The number of hydrogen-bond donors (Lipinski definition) is 1. The quantitative estimate of drug-likeness (QED) is 0.352. The highest BCUT2D eigenvalue weighted by atomic mass is 19.1. The number of hydrogen-bond acceptors (Lipinski definition) is 5. The van der Waals surface area contributed by atoms with Crippen LogP contribution in [0.4, 0.5) is 4.39 Å². The fourth-order valence-electron chi connectivity index (χ4n) is 4.37. The first-order valence-corrected chi connectivity index (χ1v) is 12.2. The molecule has 1 saturated heterocycles. The van der Waals surface area contributed by atoms with Crippen molar-refractivity contribution in [1.29, 1.82) is 0 Å². The molecular formula is C29H30FN3O3. The molecule has 1 aliphatic heterocycles. The molecule has 7 heteroatoms. The molecule has 2 heterocycles. The van der Waals surface area contributed by atoms with Crippen LogP contribution in [0.25, 0.3) is 22.4 Å². The number of methoxy groups -OCH3 is 1. The van der Waals surface area contributed by atoms with E-state index >= 15 is 0 Å². The molecule has 5 rings (SSSR count). The lowest BCUT2D eigenvalue weighted by Crippen LogP contribution is -2.38. The zero-order chi connectivity index (χ0) is 24.7. The second-order valence-electron chi connectivity index (χ2n) is 8.79. The second kappa shape index (κ2) is 11.4. The maximum Gasteiger partial charge on any atom is 0.130 e. The van der Waals surface area contributed by atoms with Crippen molar-refractivity contribution in [2.24, 2.45) is 0 Å². The summed E-state index contributed by atoms with van der Waals surface area (Å²) in [5.41, 5.74) is 4.79. The Bertz CT molecular complexity index is 1280. The van der Waals surface area contributed by atoms with Crippen LogP contribution in [0.15, 0.2) is 72.9 Å². The van der Waals surface area contributed by atoms with Crippen LogP contribution >= 0.6 is 0 Å². The number of rotatable bonds is 9. The van der Waals surface area contributed by atoms with Crippen molar-refractivity contribution >= 4 is 0 Å². The number of aromatic amines is 1. The number of nitrogens with zero attached hydrogens (tertiary/aromatic N) is 2. The van der Waals surface area contributed by atoms with Crippen molar-refractivity contribution in [2.45, 2.75) is 6.42 Å². The van der Waals surface area contributed by atoms with Crippen molar-refractivity contribution in [2.75, 3.05) is 46.6 Å². The second-order valence-corrected chi connectivity index (χ2v) is 8.79. The van der Waals surface area contributed by atoms with Crippen LogP contribution in [0.5, 0.6) is 11.5 Å². The number of nitrogens with one attached hydrogen (secondary N) is 1. The van der Waals surface area contributed by atoms with E-state index in [1.54, 1.807) is 19.4 Å². The fourth-order valence-corrected chi connectivity index (χ4v) is 4.37. The maximum absolute atomic E-state index is 13.5. The average molecular weight is 488 g/mol. The minimum atomic E-state index is -0.262. The molecule has 0 saturated carbocycles. The van der Waals surface area contributed by atoms with Gasteiger partial charge >= 0.3 is 0 Å². The van der Waals surface area contributed by atoms with Crippen molar-refractivity contribution in [1.82, 2.24) is 14.9 Å². The molecule has 36 heavy (non-hydrogen) atoms. The van der Waals surface area contributed by atoms with Crippen molar-refractivity contribution in [3.05, 3.63) is 90.1 Å². The lowest BCUT2D eigenvalue weighted by Gasteiger charge is -2.26. The number of aromatic nitrogens is 2. The summed E-state index contributed by atoms with van der Waals surface area (Å²) in [6, 6.07) is 20.8. The SMILES string of the molecule is COc1cc(OCCN2CCOCC2)ccc1-c1ccc(Cc2ncc(-c3cccc(F)c3)[nH]2)cc1. The number of benzene rings is 3. The molecule has 1 N–H and O–H groups in total. The van der Waals surface area contributed by atoms with Gasteiger partial charge in [-0.2, -0.15) is 0 Å². The maximum atomic E-state index is 13.5. The highest BCUT2D eigenvalue weighted by molar-refractivity contribution is 5.71. The minimum Gasteiger partial charge on any atom is -0.496 e. The van der Waals surface area contributed by atoms with Crippen molar-refractivity contribution < 1.29 is 18.6 Å². The van der Waals surface area contributed by atoms with Gasteiger partial charge in [0.25, 0.3) is 0 Å². The summed E-state index contributed by atoms with van der Waals surface area (Å²) < 4.78 is 30.6. The number of imidazole rings is 1. The fraction of sp³-hybridized carbons (Fsp3) is 0.276. The first-order chi connectivity index (χ1) is 17.7. The Balaban J connectivity index is 1.22. The van der Waals surface area contributed by atoms with Gasteiger partial charge < -0.3 is 19.2 Å². The predicted molar refractivity (Wildman–Crippen MR) is 138 cm³/mol. The number of halogens is 1. The van der Waals surface area contributed by atoms with E-state index in [-0.39, 0.29) is 5.82 Å². The highest BCUT2D eigenvalue weighted by Gasteiger charge is 2.12. The van der Waals surface area contributed by atoms with Gasteiger partial charge in [0.15, 0.2) is 0 Å². The van der Waals surface area contributed by atoms with Gasteiger partial charge in [-0.25, -0.2) is 9.37 Å². The van der Waals surface area contributed by atoms with E-state index in [0.29, 0.717) is 13.0 Å². The van der Waals surface area contributed by atoms with E-state index in [4.69, 9.17) is 14.2 Å². The molecule has 0 aliphatic carbocycles. The van der Waals surface area contributed by atoms with Gasteiger partial charge in [0.2, 0.25) is 0 Å². The van der Waals surface area contributed by atoms with E-state index in [1.165, 1.54) is 12.1 Å². The molecule has 0 radical (unpaired) electrons. The first-order valence-electron chi connectivity index (χ1n) is 12.2. The third-order valence-electron chi connectivity index (χ3n) is 6.35. The standard InChI is InChI=1S/C29H30FN3O3/c1-34-28-19-25(36-16-13-33-11-14-35-15-12-33)9-10-26(28)22-7-5-21(6-8-22)17-29-31-20-27(32-29)23-3-2-4-24(30)18-23/h2-10,18-20H,11-17H2,1H3,(H,31,32). The van der Waals surface area contributed by atoms with Crippen LogP contribution in [0.3, 0.4) is 0 Å². The van der Waals surface area contributed by atoms with E-state index in [9.17, 15) is 4.39 Å². The lowest BCUT2D eigenvalue weighted by molar-refractivity contribution is 0.0322. The molecule has 0 atom stereocenters. The van der Waals surface area contributed by atoms with Gasteiger partial charge in [-0.15, -0.1) is 0 Å². The molecular weight excluding hydrogens is 457 g/mol. The Morgan fingerprint density at radius 1 is 1.00 bits per heavy atom. The molecule has 0 amide bonds. The average Bonchev–Trinajstić information content (AvgIpc) is 3.38. The van der Waals surface area contributed by atoms with Gasteiger partial charge in [-0.05, 0) is 35.4 Å². The molecule has 186 valence electrons. The van der Waals surface area contributed by atoms with Crippen molar-refractivity contribution in [3.63, 3.8) is 0 Å². The monoisotopic (exact) mass is 487 g/mol. The van der Waals surface area contributed by atoms with E-state index < -0.39 is 0 Å². The van der Waals surface area contributed by atoms with Crippen molar-refractivity contribution in [3.8, 4) is 33.9 Å². The summed E-state index contributed by atoms with van der Waals surface area (Å²) in [6.07, 6.45) is 2.40. The molecule has 1 aliphatic rings. The molecule has 4 aromatic rings. The summed E-state index contributed by atoms with van der Waals surface area (Å²) in [6.45, 7) is 5.00. The van der Waals surface area contributed by atoms with Crippen LogP contribution in [-0.2, 0) is 11.2 Å². The van der Waals surface area contributed by atoms with Crippen LogP contribution in [0.2, 0.25) is 0 Å². The molecule has 6 nitrogen and oxygen atoms in total. The zero-order valence-electron chi connectivity index (χ0n) is 20.4. The summed E-state index contributed by atoms with van der Waals surface area (Å²) >= 11 is 0. The van der Waals surface area contributed by atoms with Crippen LogP contribution in [0.1, 0.15) is 11.4 Å². The van der Waals surface area contributed by atoms with Gasteiger partial charge in [-0.1, -0.05) is 36.4 Å². The molecule has 0 spiro atoms. The number of morpholine rings is 1. The zero-order valence-corrected chi connectivity index (χ0v) is 20.4. The Labute approximate surface area is 210 Å². The Morgan fingerprint density at radius 3 is 2.61 bits per heavy atom. The summed E-state index contributed by atoms with van der Waals surface area (Å²) in [7, 11) is 1.68. The Morgan fingerprint density at radius 2 is 1.83 bits per heavy atom. The molecule has 0 bridgehead atoms. The van der Waals surface area contributed by atoms with Gasteiger partial charge in [0.1, 0.15) is 29.7 Å². The predicted octanol–water partition coefficient (Wildman–Crippen LogP) is 5.19. The number of ether oxygens (including phenoxy) is 3. The van der Waals surface area contributed by atoms with Gasteiger partial charge in [-0.3, -0.25) is 4.90 Å². The Hall–Kier alpha value is -3.68. The molecule has 1 aromatic heterocycles. The summed E-state index contributed by atoms with van der Waals surface area (Å²) in [5.74, 6) is 2.14. The van der Waals surface area contributed by atoms with E-state index in [2.05, 4.69) is 39.1 Å². The number of H-pyrrole nitrogens is 1. The smallest absolute Gasteiger partial charge is 0.130 e. The largest absolute Gasteiger partial charge is 0.496 e. The van der Waals surface area contributed by atoms with Crippen LogP contribution in [0, 0.1) is 5.82 Å². The van der Waals surface area contributed by atoms with Gasteiger partial charge in [0.05, 0.1) is 32.2 Å². The summed E-state index contributed by atoms with van der Waals surface area (Å²) in [4.78, 5) is 10.1.